The van der Waals surface area contributed by atoms with E-state index in [1.165, 1.54) is 20.7 Å². The monoisotopic (exact) mass is 671 g/mol. The van der Waals surface area contributed by atoms with Gasteiger partial charge in [-0.1, -0.05) is 164 Å². The largest absolute Gasteiger partial charge is 0.309 e. The van der Waals surface area contributed by atoms with Gasteiger partial charge in [-0.25, -0.2) is 0 Å². The van der Waals surface area contributed by atoms with Crippen LogP contribution in [0.3, 0.4) is 0 Å². The first-order valence-electron chi connectivity index (χ1n) is 19.7. The molecule has 0 aliphatic heterocycles. The molecule has 0 unspecified atom stereocenters. The third kappa shape index (κ3) is 4.42. The highest BCUT2D eigenvalue weighted by Gasteiger charge is 2.41. The molecule has 2 heterocycles. The molecule has 0 N–H and O–H groups in total. The van der Waals surface area contributed by atoms with E-state index in [1.807, 2.05) is 34.9 Å². The van der Waals surface area contributed by atoms with E-state index >= 15 is 0 Å². The van der Waals surface area contributed by atoms with E-state index in [4.69, 9.17) is 6.85 Å². The Balaban J connectivity index is 1.33. The van der Waals surface area contributed by atoms with E-state index in [1.54, 1.807) is 0 Å². The number of para-hydroxylation sites is 3. The molecule has 0 radical (unpaired) electrons. The zero-order chi connectivity index (χ0) is 38.1. The molecule has 2 nitrogen and oxygen atoms in total. The summed E-state index contributed by atoms with van der Waals surface area (Å²) in [5, 5.41) is 8.97. The molecule has 51 heavy (non-hydrogen) atoms. The second kappa shape index (κ2) is 11.9. The number of rotatable bonds is 6. The Morgan fingerprint density at radius 2 is 0.902 bits per heavy atom. The Morgan fingerprint density at radius 1 is 0.373 bits per heavy atom. The third-order valence-corrected chi connectivity index (χ3v) is 15.1. The number of aromatic nitrogens is 2. The van der Waals surface area contributed by atoms with Crippen molar-refractivity contribution in [2.75, 3.05) is 0 Å². The summed E-state index contributed by atoms with van der Waals surface area (Å²) in [7, 11) is -2.84. The summed E-state index contributed by atoms with van der Waals surface area (Å²) < 4.78 is 47.9. The van der Waals surface area contributed by atoms with Crippen molar-refractivity contribution in [1.82, 2.24) is 9.13 Å². The van der Waals surface area contributed by atoms with Crippen LogP contribution in [0.5, 0.6) is 0 Å². The lowest BCUT2D eigenvalue weighted by Crippen LogP contribution is -2.74. The fourth-order valence-electron chi connectivity index (χ4n) is 8.32. The van der Waals surface area contributed by atoms with Crippen molar-refractivity contribution in [3.63, 3.8) is 0 Å². The topological polar surface area (TPSA) is 9.86 Å². The molecule has 8 aromatic carbocycles. The molecular formula is C48H34N2Si. The summed E-state index contributed by atoms with van der Waals surface area (Å²) in [6.45, 7) is 0. The van der Waals surface area contributed by atoms with Gasteiger partial charge in [0.25, 0.3) is 0 Å². The fourth-order valence-corrected chi connectivity index (χ4v) is 13.1. The average Bonchev–Trinajstić information content (AvgIpc) is 3.77. The predicted molar refractivity (Wildman–Crippen MR) is 219 cm³/mol. The van der Waals surface area contributed by atoms with Gasteiger partial charge in [-0.2, -0.15) is 0 Å². The predicted octanol–water partition coefficient (Wildman–Crippen LogP) is 9.26. The van der Waals surface area contributed by atoms with Crippen LogP contribution in [-0.2, 0) is 0 Å². The molecule has 2 aromatic heterocycles. The molecule has 0 bridgehead atoms. The Kier molecular flexibility index (Phi) is 5.74. The van der Waals surface area contributed by atoms with E-state index < -0.39 is 14.1 Å². The van der Waals surface area contributed by atoms with Crippen LogP contribution >= 0.6 is 0 Å². The number of fused-ring (bicyclic) bond motifs is 7. The van der Waals surface area contributed by atoms with Crippen LogP contribution in [0.4, 0.5) is 0 Å². The first-order chi connectivity index (χ1) is 27.4. The summed E-state index contributed by atoms with van der Waals surface area (Å²) in [6, 6.07) is 60.6. The van der Waals surface area contributed by atoms with Gasteiger partial charge in [-0.05, 0) is 63.2 Å². The molecular weight excluding hydrogens is 633 g/mol. The van der Waals surface area contributed by atoms with Gasteiger partial charge < -0.3 is 9.13 Å². The van der Waals surface area contributed by atoms with Crippen molar-refractivity contribution in [1.29, 1.82) is 0 Å². The maximum atomic E-state index is 9.07. The van der Waals surface area contributed by atoms with Crippen molar-refractivity contribution < 1.29 is 6.85 Å². The molecule has 0 amide bonds. The van der Waals surface area contributed by atoms with Gasteiger partial charge in [0.05, 0.1) is 28.9 Å². The summed E-state index contributed by atoms with van der Waals surface area (Å²) in [5.41, 5.74) is 4.69. The number of hydrogen-bond donors (Lipinski definition) is 0. The smallest absolute Gasteiger partial charge is 0.179 e. The molecule has 0 spiro atoms. The zero-order valence-corrected chi connectivity index (χ0v) is 28.6. The van der Waals surface area contributed by atoms with E-state index in [9.17, 15) is 0 Å². The highest BCUT2D eigenvalue weighted by Crippen LogP contribution is 2.41. The van der Waals surface area contributed by atoms with Gasteiger partial charge in [0.15, 0.2) is 8.07 Å². The van der Waals surface area contributed by atoms with Crippen LogP contribution in [0.1, 0.15) is 6.85 Å². The Morgan fingerprint density at radius 3 is 1.53 bits per heavy atom. The van der Waals surface area contributed by atoms with Gasteiger partial charge in [0.1, 0.15) is 0 Å². The third-order valence-electron chi connectivity index (χ3n) is 10.3. The minimum absolute atomic E-state index is 0.137. The summed E-state index contributed by atoms with van der Waals surface area (Å²) in [5.74, 6) is 0. The van der Waals surface area contributed by atoms with Crippen molar-refractivity contribution in [2.45, 2.75) is 0 Å². The van der Waals surface area contributed by atoms with E-state index in [2.05, 4.69) is 150 Å². The van der Waals surface area contributed by atoms with E-state index in [-0.39, 0.29) is 29.9 Å². The van der Waals surface area contributed by atoms with Crippen LogP contribution in [0, 0.1) is 0 Å². The zero-order valence-electron chi connectivity index (χ0n) is 32.6. The van der Waals surface area contributed by atoms with E-state index in [0.717, 1.165) is 49.3 Å². The lowest BCUT2D eigenvalue weighted by Gasteiger charge is -2.34. The van der Waals surface area contributed by atoms with Gasteiger partial charge in [0.2, 0.25) is 0 Å². The molecule has 240 valence electrons. The Labute approximate surface area is 305 Å². The van der Waals surface area contributed by atoms with Crippen LogP contribution in [0.2, 0.25) is 0 Å². The first kappa shape index (κ1) is 24.7. The van der Waals surface area contributed by atoms with Gasteiger partial charge >= 0.3 is 0 Å². The van der Waals surface area contributed by atoms with E-state index in [0.29, 0.717) is 0 Å². The number of benzene rings is 8. The molecule has 0 fully saturated rings. The maximum Gasteiger partial charge on any atom is 0.179 e. The molecule has 10 rings (SSSR count). The molecule has 10 aromatic rings. The lowest BCUT2D eigenvalue weighted by atomic mass is 10.1. The lowest BCUT2D eigenvalue weighted by molar-refractivity contribution is 1.18. The van der Waals surface area contributed by atoms with Gasteiger partial charge in [0, 0.05) is 32.9 Å². The number of nitrogens with zero attached hydrogens (tertiary/aromatic N) is 2. The first-order valence-corrected chi connectivity index (χ1v) is 19.2. The normalized spacial score (nSPS) is 13.3. The molecule has 0 aliphatic carbocycles. The van der Waals surface area contributed by atoms with Crippen LogP contribution < -0.4 is 20.7 Å². The van der Waals surface area contributed by atoms with Crippen molar-refractivity contribution in [3.8, 4) is 11.4 Å². The highest BCUT2D eigenvalue weighted by molar-refractivity contribution is 7.19. The standard InChI is InChI=1S/C48H34N2Si/c1-5-18-35(19-6-1)50-44-30-15-13-28-41(44)42-32-33-46-47(48(42)50)43-29-14-16-31-45(43)49(46)36-20-17-27-40(34-36)51(37-21-7-2-8-22-37,38-23-9-3-10-24-38)39-25-11-4-12-26-39/h1-34H/i1D,5D,6D,18D,19D. The van der Waals surface area contributed by atoms with Crippen LogP contribution in [0.15, 0.2) is 206 Å². The Bertz CT molecular complexity index is 3010. The molecule has 3 heteroatoms. The molecule has 0 aliphatic rings. The van der Waals surface area contributed by atoms with Gasteiger partial charge in [-0.3, -0.25) is 0 Å². The summed E-state index contributed by atoms with van der Waals surface area (Å²) in [4.78, 5) is 0. The second-order valence-corrected chi connectivity index (χ2v) is 16.7. The van der Waals surface area contributed by atoms with Crippen molar-refractivity contribution >= 4 is 72.4 Å². The minimum Gasteiger partial charge on any atom is -0.309 e. The summed E-state index contributed by atoms with van der Waals surface area (Å²) >= 11 is 0. The molecule has 0 saturated heterocycles. The maximum absolute atomic E-state index is 9.07. The Hall–Kier alpha value is -6.42. The average molecular weight is 672 g/mol. The van der Waals surface area contributed by atoms with Crippen molar-refractivity contribution in [3.05, 3.63) is 206 Å². The van der Waals surface area contributed by atoms with Crippen molar-refractivity contribution in [2.24, 2.45) is 0 Å². The SMILES string of the molecule is [2H]c1c([2H])c([2H])c(-n2c3ccccc3c3ccc4c(c5ccccc5n4-c4cccc([Si](c5ccccc5)(c5ccccc5)c5ccccc5)c4)c32)c([2H])c1[2H]. The highest BCUT2D eigenvalue weighted by atomic mass is 28.3. The second-order valence-electron chi connectivity index (χ2n) is 12.9. The van der Waals surface area contributed by atoms with Crippen LogP contribution in [-0.4, -0.2) is 17.2 Å². The van der Waals surface area contributed by atoms with Crippen LogP contribution in [0.25, 0.3) is 55.0 Å². The molecule has 0 saturated carbocycles. The minimum atomic E-state index is -2.84. The number of hydrogen-bond acceptors (Lipinski definition) is 0. The quantitative estimate of drug-likeness (QED) is 0.123. The fraction of sp³-hybridized carbons (Fsp3) is 0. The summed E-state index contributed by atoms with van der Waals surface area (Å²) in [6.07, 6.45) is 0. The van der Waals surface area contributed by atoms with Gasteiger partial charge in [-0.15, -0.1) is 0 Å². The molecule has 0 atom stereocenters.